The Hall–Kier alpha value is -1.75. The van der Waals surface area contributed by atoms with Gasteiger partial charge < -0.3 is 19.8 Å². The van der Waals surface area contributed by atoms with E-state index in [9.17, 15) is 15.0 Å². The lowest BCUT2D eigenvalue weighted by Gasteiger charge is -2.19. The van der Waals surface area contributed by atoms with Crippen LogP contribution in [0.15, 0.2) is 18.2 Å². The van der Waals surface area contributed by atoms with Gasteiger partial charge in [0.25, 0.3) is 5.91 Å². The maximum atomic E-state index is 12.5. The highest BCUT2D eigenvalue weighted by molar-refractivity contribution is 5.97. The molecule has 1 amide bonds. The van der Waals surface area contributed by atoms with Crippen molar-refractivity contribution in [2.75, 3.05) is 20.2 Å². The number of aliphatic hydroxyl groups excluding tert-OH is 1. The van der Waals surface area contributed by atoms with Crippen LogP contribution in [0.1, 0.15) is 23.2 Å². The first kappa shape index (κ1) is 13.2. The number of carbonyl (C=O) groups is 1. The Bertz CT molecular complexity index is 531. The van der Waals surface area contributed by atoms with E-state index in [-0.39, 0.29) is 29.2 Å². The van der Waals surface area contributed by atoms with Gasteiger partial charge in [0.15, 0.2) is 0 Å². The standard InChI is InChI=1S/C15H19NO4/c1-20-10-3-5-13(17)11(6-10)15(19)16-7-9-2-4-14(18)12(9)8-16/h3,5-6,9,12,14,17-18H,2,4,7-8H2,1H3. The van der Waals surface area contributed by atoms with Gasteiger partial charge in [-0.05, 0) is 37.0 Å². The number of hydrogen-bond donors (Lipinski definition) is 2. The summed E-state index contributed by atoms with van der Waals surface area (Å²) in [6, 6.07) is 4.65. The summed E-state index contributed by atoms with van der Waals surface area (Å²) in [4.78, 5) is 14.2. The van der Waals surface area contributed by atoms with Crippen molar-refractivity contribution in [1.82, 2.24) is 4.90 Å². The fourth-order valence-electron chi connectivity index (χ4n) is 3.39. The minimum Gasteiger partial charge on any atom is -0.507 e. The number of likely N-dealkylation sites (tertiary alicyclic amines) is 1. The van der Waals surface area contributed by atoms with Crippen LogP contribution in [-0.2, 0) is 0 Å². The van der Waals surface area contributed by atoms with Crippen LogP contribution in [0.3, 0.4) is 0 Å². The Morgan fingerprint density at radius 3 is 2.85 bits per heavy atom. The van der Waals surface area contributed by atoms with E-state index in [4.69, 9.17) is 4.74 Å². The fraction of sp³-hybridized carbons (Fsp3) is 0.533. The van der Waals surface area contributed by atoms with E-state index in [2.05, 4.69) is 0 Å². The number of rotatable bonds is 2. The van der Waals surface area contributed by atoms with E-state index in [1.807, 2.05) is 0 Å². The average molecular weight is 277 g/mol. The van der Waals surface area contributed by atoms with Crippen LogP contribution in [0.4, 0.5) is 0 Å². The molecule has 108 valence electrons. The molecule has 1 aliphatic heterocycles. The molecule has 1 saturated heterocycles. The number of aromatic hydroxyl groups is 1. The molecular formula is C15H19NO4. The lowest BCUT2D eigenvalue weighted by molar-refractivity contribution is 0.0749. The zero-order valence-corrected chi connectivity index (χ0v) is 11.5. The van der Waals surface area contributed by atoms with Crippen LogP contribution in [-0.4, -0.2) is 47.3 Å². The Morgan fingerprint density at radius 1 is 1.35 bits per heavy atom. The van der Waals surface area contributed by atoms with Crippen molar-refractivity contribution in [2.24, 2.45) is 11.8 Å². The van der Waals surface area contributed by atoms with Gasteiger partial charge in [0.2, 0.25) is 0 Å². The number of hydrogen-bond acceptors (Lipinski definition) is 4. The summed E-state index contributed by atoms with van der Waals surface area (Å²) in [5.74, 6) is 0.899. The number of amides is 1. The molecule has 1 aromatic rings. The molecule has 3 unspecified atom stereocenters. The number of ether oxygens (including phenoxy) is 1. The average Bonchev–Trinajstić information content (AvgIpc) is 3.01. The van der Waals surface area contributed by atoms with Crippen molar-refractivity contribution in [1.29, 1.82) is 0 Å². The third-order valence-electron chi connectivity index (χ3n) is 4.54. The van der Waals surface area contributed by atoms with E-state index < -0.39 is 0 Å². The highest BCUT2D eigenvalue weighted by atomic mass is 16.5. The van der Waals surface area contributed by atoms with Crippen LogP contribution < -0.4 is 4.74 Å². The molecule has 5 heteroatoms. The van der Waals surface area contributed by atoms with Crippen molar-refractivity contribution < 1.29 is 19.7 Å². The molecule has 1 saturated carbocycles. The van der Waals surface area contributed by atoms with Gasteiger partial charge in [-0.1, -0.05) is 0 Å². The molecule has 3 atom stereocenters. The summed E-state index contributed by atoms with van der Waals surface area (Å²) in [6.45, 7) is 1.23. The zero-order chi connectivity index (χ0) is 14.3. The topological polar surface area (TPSA) is 70.0 Å². The van der Waals surface area contributed by atoms with Crippen LogP contribution in [0, 0.1) is 11.8 Å². The Kier molecular flexibility index (Phi) is 3.30. The second-order valence-corrected chi connectivity index (χ2v) is 5.66. The van der Waals surface area contributed by atoms with E-state index in [1.165, 1.54) is 13.2 Å². The number of carbonyl (C=O) groups excluding carboxylic acids is 1. The summed E-state index contributed by atoms with van der Waals surface area (Å²) < 4.78 is 5.09. The maximum absolute atomic E-state index is 12.5. The Morgan fingerprint density at radius 2 is 2.15 bits per heavy atom. The van der Waals surface area contributed by atoms with Crippen molar-refractivity contribution in [3.05, 3.63) is 23.8 Å². The summed E-state index contributed by atoms with van der Waals surface area (Å²) in [7, 11) is 1.53. The molecule has 2 aliphatic rings. The third-order valence-corrected chi connectivity index (χ3v) is 4.54. The van der Waals surface area contributed by atoms with Gasteiger partial charge in [-0.2, -0.15) is 0 Å². The number of methoxy groups -OCH3 is 1. The smallest absolute Gasteiger partial charge is 0.257 e. The van der Waals surface area contributed by atoms with Crippen LogP contribution >= 0.6 is 0 Å². The first-order valence-corrected chi connectivity index (χ1v) is 6.94. The molecule has 0 radical (unpaired) electrons. The SMILES string of the molecule is COc1ccc(O)c(C(=O)N2CC3CCC(O)C3C2)c1. The van der Waals surface area contributed by atoms with Crippen molar-refractivity contribution in [2.45, 2.75) is 18.9 Å². The number of nitrogens with zero attached hydrogens (tertiary/aromatic N) is 1. The van der Waals surface area contributed by atoms with Gasteiger partial charge in [-0.3, -0.25) is 4.79 Å². The highest BCUT2D eigenvalue weighted by Gasteiger charge is 2.43. The van der Waals surface area contributed by atoms with Gasteiger partial charge in [0.1, 0.15) is 11.5 Å². The molecule has 5 nitrogen and oxygen atoms in total. The van der Waals surface area contributed by atoms with Gasteiger partial charge in [-0.25, -0.2) is 0 Å². The Labute approximate surface area is 117 Å². The molecule has 1 heterocycles. The van der Waals surface area contributed by atoms with Gasteiger partial charge in [0, 0.05) is 19.0 Å². The minimum atomic E-state index is -0.295. The minimum absolute atomic E-state index is 0.0339. The van der Waals surface area contributed by atoms with Crippen molar-refractivity contribution in [3.63, 3.8) is 0 Å². The number of phenols is 1. The number of phenolic OH excluding ortho intramolecular Hbond substituents is 1. The first-order valence-electron chi connectivity index (χ1n) is 6.94. The molecule has 0 bridgehead atoms. The number of aliphatic hydroxyl groups is 1. The van der Waals surface area contributed by atoms with Gasteiger partial charge in [-0.15, -0.1) is 0 Å². The van der Waals surface area contributed by atoms with Crippen LogP contribution in [0.5, 0.6) is 11.5 Å². The van der Waals surface area contributed by atoms with E-state index in [0.29, 0.717) is 24.8 Å². The largest absolute Gasteiger partial charge is 0.507 e. The van der Waals surface area contributed by atoms with E-state index in [0.717, 1.165) is 12.8 Å². The van der Waals surface area contributed by atoms with E-state index >= 15 is 0 Å². The summed E-state index contributed by atoms with van der Waals surface area (Å²) >= 11 is 0. The van der Waals surface area contributed by atoms with E-state index in [1.54, 1.807) is 17.0 Å². The van der Waals surface area contributed by atoms with Crippen LogP contribution in [0.2, 0.25) is 0 Å². The molecule has 1 aliphatic carbocycles. The van der Waals surface area contributed by atoms with Gasteiger partial charge in [0.05, 0.1) is 18.8 Å². The monoisotopic (exact) mass is 277 g/mol. The summed E-state index contributed by atoms with van der Waals surface area (Å²) in [5.41, 5.74) is 0.263. The molecule has 1 aromatic carbocycles. The lowest BCUT2D eigenvalue weighted by Crippen LogP contribution is -2.31. The summed E-state index contributed by atoms with van der Waals surface area (Å²) in [6.07, 6.45) is 1.51. The number of fused-ring (bicyclic) bond motifs is 1. The molecule has 2 N–H and O–H groups in total. The molecule has 3 rings (SSSR count). The van der Waals surface area contributed by atoms with Crippen LogP contribution in [0.25, 0.3) is 0 Å². The second-order valence-electron chi connectivity index (χ2n) is 5.66. The third kappa shape index (κ3) is 2.12. The molecular weight excluding hydrogens is 258 g/mol. The molecule has 0 spiro atoms. The maximum Gasteiger partial charge on any atom is 0.257 e. The summed E-state index contributed by atoms with van der Waals surface area (Å²) in [5, 5.41) is 19.8. The predicted molar refractivity (Wildman–Crippen MR) is 72.8 cm³/mol. The fourth-order valence-corrected chi connectivity index (χ4v) is 3.39. The first-order chi connectivity index (χ1) is 9.60. The lowest BCUT2D eigenvalue weighted by atomic mass is 10.00. The molecule has 2 fully saturated rings. The quantitative estimate of drug-likeness (QED) is 0.853. The highest BCUT2D eigenvalue weighted by Crippen LogP contribution is 2.39. The van der Waals surface area contributed by atoms with Crippen molar-refractivity contribution in [3.8, 4) is 11.5 Å². The second kappa shape index (κ2) is 4.98. The Balaban J connectivity index is 1.80. The van der Waals surface area contributed by atoms with Crippen molar-refractivity contribution >= 4 is 5.91 Å². The predicted octanol–water partition coefficient (Wildman–Crippen LogP) is 1.24. The number of benzene rings is 1. The molecule has 0 aromatic heterocycles. The molecule has 20 heavy (non-hydrogen) atoms. The zero-order valence-electron chi connectivity index (χ0n) is 11.5. The van der Waals surface area contributed by atoms with Gasteiger partial charge >= 0.3 is 0 Å². The normalized spacial score (nSPS) is 28.5.